The highest BCUT2D eigenvalue weighted by molar-refractivity contribution is 7.88. The maximum atomic E-state index is 11.5. The number of nitrogens with zero attached hydrogens (tertiary/aromatic N) is 3. The fraction of sp³-hybridized carbons (Fsp3) is 0.571. The number of nitriles is 1. The van der Waals surface area contributed by atoms with Gasteiger partial charge in [-0.25, -0.2) is 17.7 Å². The van der Waals surface area contributed by atoms with E-state index in [1.54, 1.807) is 0 Å². The molecular formula is C14H22N4O2S. The third kappa shape index (κ3) is 4.99. The summed E-state index contributed by atoms with van der Waals surface area (Å²) < 4.78 is 24.4. The second-order valence-electron chi connectivity index (χ2n) is 4.95. The van der Waals surface area contributed by atoms with E-state index in [1.165, 1.54) is 10.6 Å². The van der Waals surface area contributed by atoms with Gasteiger partial charge in [-0.1, -0.05) is 6.92 Å². The van der Waals surface area contributed by atoms with E-state index in [9.17, 15) is 8.42 Å². The number of hydrogen-bond acceptors (Lipinski definition) is 5. The van der Waals surface area contributed by atoms with Gasteiger partial charge in [0.1, 0.15) is 11.9 Å². The van der Waals surface area contributed by atoms with Crippen molar-refractivity contribution in [2.45, 2.75) is 27.2 Å². The minimum atomic E-state index is -3.15. The van der Waals surface area contributed by atoms with Gasteiger partial charge in [0.2, 0.25) is 10.0 Å². The minimum absolute atomic E-state index is 0.453. The molecule has 21 heavy (non-hydrogen) atoms. The Bertz CT molecular complexity index is 635. The van der Waals surface area contributed by atoms with Crippen LogP contribution in [0.2, 0.25) is 0 Å². The van der Waals surface area contributed by atoms with Gasteiger partial charge in [0, 0.05) is 25.3 Å². The molecule has 116 valence electrons. The molecule has 6 nitrogen and oxygen atoms in total. The van der Waals surface area contributed by atoms with Crippen molar-refractivity contribution >= 4 is 15.8 Å². The summed E-state index contributed by atoms with van der Waals surface area (Å²) in [5, 5.41) is 12.3. The van der Waals surface area contributed by atoms with E-state index in [2.05, 4.69) is 16.4 Å². The molecule has 7 heteroatoms. The third-order valence-electron chi connectivity index (χ3n) is 3.15. The summed E-state index contributed by atoms with van der Waals surface area (Å²) in [5.41, 5.74) is 2.27. The summed E-state index contributed by atoms with van der Waals surface area (Å²) in [6, 6.07) is 4.01. The van der Waals surface area contributed by atoms with E-state index < -0.39 is 10.0 Å². The summed E-state index contributed by atoms with van der Waals surface area (Å²) in [4.78, 5) is 4.32. The second-order valence-corrected chi connectivity index (χ2v) is 6.93. The number of pyridine rings is 1. The highest BCUT2D eigenvalue weighted by Crippen LogP contribution is 2.17. The molecule has 0 saturated carbocycles. The van der Waals surface area contributed by atoms with E-state index in [4.69, 9.17) is 5.26 Å². The summed E-state index contributed by atoms with van der Waals surface area (Å²) in [7, 11) is -3.15. The van der Waals surface area contributed by atoms with Crippen molar-refractivity contribution < 1.29 is 8.42 Å². The average Bonchev–Trinajstić information content (AvgIpc) is 2.36. The topological polar surface area (TPSA) is 86.1 Å². The van der Waals surface area contributed by atoms with Crippen molar-refractivity contribution in [2.24, 2.45) is 0 Å². The predicted octanol–water partition coefficient (Wildman–Crippen LogP) is 1.65. The standard InChI is InChI=1S/C14H22N4O2S/c1-5-18(21(4,19)20)8-6-7-16-14-13(10-15)11(2)9-12(3)17-14/h9H,5-8H2,1-4H3,(H,16,17). The van der Waals surface area contributed by atoms with Gasteiger partial charge in [-0.15, -0.1) is 0 Å². The molecule has 0 spiro atoms. The zero-order chi connectivity index (χ0) is 16.0. The number of aromatic nitrogens is 1. The Labute approximate surface area is 126 Å². The Morgan fingerprint density at radius 3 is 2.62 bits per heavy atom. The lowest BCUT2D eigenvalue weighted by Crippen LogP contribution is -2.31. The summed E-state index contributed by atoms with van der Waals surface area (Å²) in [6.45, 7) is 7.05. The highest BCUT2D eigenvalue weighted by Gasteiger charge is 2.13. The maximum absolute atomic E-state index is 11.5. The molecule has 1 heterocycles. The fourth-order valence-corrected chi connectivity index (χ4v) is 3.06. The molecule has 1 aromatic rings. The monoisotopic (exact) mass is 310 g/mol. The molecule has 0 unspecified atom stereocenters. The number of nitrogens with one attached hydrogen (secondary N) is 1. The van der Waals surface area contributed by atoms with Crippen molar-refractivity contribution in [1.29, 1.82) is 5.26 Å². The minimum Gasteiger partial charge on any atom is -0.369 e. The van der Waals surface area contributed by atoms with Crippen LogP contribution in [0, 0.1) is 25.2 Å². The van der Waals surface area contributed by atoms with Gasteiger partial charge in [-0.05, 0) is 31.9 Å². The number of hydrogen-bond donors (Lipinski definition) is 1. The Kier molecular flexibility index (Phi) is 6.12. The van der Waals surface area contributed by atoms with Crippen LogP contribution in [0.3, 0.4) is 0 Å². The van der Waals surface area contributed by atoms with Crippen LogP contribution < -0.4 is 5.32 Å². The molecule has 0 amide bonds. The molecule has 0 aromatic carbocycles. The lowest BCUT2D eigenvalue weighted by atomic mass is 10.1. The van der Waals surface area contributed by atoms with Gasteiger partial charge in [-0.3, -0.25) is 0 Å². The first-order valence-electron chi connectivity index (χ1n) is 6.87. The van der Waals surface area contributed by atoms with Crippen molar-refractivity contribution in [1.82, 2.24) is 9.29 Å². The first-order valence-corrected chi connectivity index (χ1v) is 8.71. The van der Waals surface area contributed by atoms with Crippen LogP contribution in [0.4, 0.5) is 5.82 Å². The molecule has 1 aromatic heterocycles. The van der Waals surface area contributed by atoms with Crippen LogP contribution in [-0.4, -0.2) is 43.6 Å². The van der Waals surface area contributed by atoms with Crippen molar-refractivity contribution in [3.8, 4) is 6.07 Å². The zero-order valence-corrected chi connectivity index (χ0v) is 13.8. The number of aryl methyl sites for hydroxylation is 2. The molecule has 1 N–H and O–H groups in total. The molecule has 0 fully saturated rings. The molecular weight excluding hydrogens is 288 g/mol. The lowest BCUT2D eigenvalue weighted by molar-refractivity contribution is 0.428. The number of anilines is 1. The molecule has 0 aliphatic carbocycles. The smallest absolute Gasteiger partial charge is 0.211 e. The fourth-order valence-electron chi connectivity index (χ4n) is 2.13. The van der Waals surface area contributed by atoms with Crippen LogP contribution >= 0.6 is 0 Å². The molecule has 0 atom stereocenters. The van der Waals surface area contributed by atoms with Crippen LogP contribution in [0.5, 0.6) is 0 Å². The maximum Gasteiger partial charge on any atom is 0.211 e. The Morgan fingerprint density at radius 2 is 2.10 bits per heavy atom. The van der Waals surface area contributed by atoms with Crippen molar-refractivity contribution in [3.63, 3.8) is 0 Å². The van der Waals surface area contributed by atoms with Crippen LogP contribution in [0.15, 0.2) is 6.07 Å². The van der Waals surface area contributed by atoms with Gasteiger partial charge in [-0.2, -0.15) is 5.26 Å². The second kappa shape index (κ2) is 7.38. The average molecular weight is 310 g/mol. The van der Waals surface area contributed by atoms with Crippen LogP contribution in [0.1, 0.15) is 30.2 Å². The largest absolute Gasteiger partial charge is 0.369 e. The Morgan fingerprint density at radius 1 is 1.43 bits per heavy atom. The van der Waals surface area contributed by atoms with E-state index in [-0.39, 0.29) is 0 Å². The third-order valence-corrected chi connectivity index (χ3v) is 4.53. The van der Waals surface area contributed by atoms with Crippen LogP contribution in [-0.2, 0) is 10.0 Å². The predicted molar refractivity (Wildman–Crippen MR) is 83.6 cm³/mol. The van der Waals surface area contributed by atoms with Gasteiger partial charge in [0.25, 0.3) is 0 Å². The van der Waals surface area contributed by atoms with Gasteiger partial charge in [0.05, 0.1) is 11.8 Å². The first-order chi connectivity index (χ1) is 9.79. The molecule has 1 rings (SSSR count). The van der Waals surface area contributed by atoms with Gasteiger partial charge < -0.3 is 5.32 Å². The first kappa shape index (κ1) is 17.4. The Hall–Kier alpha value is -1.65. The van der Waals surface area contributed by atoms with Crippen molar-refractivity contribution in [3.05, 3.63) is 22.9 Å². The van der Waals surface area contributed by atoms with E-state index in [0.717, 1.165) is 11.3 Å². The van der Waals surface area contributed by atoms with E-state index in [0.29, 0.717) is 37.4 Å². The summed E-state index contributed by atoms with van der Waals surface area (Å²) in [6.07, 6.45) is 1.86. The van der Waals surface area contributed by atoms with Crippen LogP contribution in [0.25, 0.3) is 0 Å². The van der Waals surface area contributed by atoms with Gasteiger partial charge in [0.15, 0.2) is 0 Å². The normalized spacial score (nSPS) is 11.4. The van der Waals surface area contributed by atoms with Gasteiger partial charge >= 0.3 is 0 Å². The molecule has 0 saturated heterocycles. The molecule has 0 aliphatic rings. The van der Waals surface area contributed by atoms with E-state index >= 15 is 0 Å². The molecule has 0 radical (unpaired) electrons. The highest BCUT2D eigenvalue weighted by atomic mass is 32.2. The Balaban J connectivity index is 2.64. The SMILES string of the molecule is CCN(CCCNc1nc(C)cc(C)c1C#N)S(C)(=O)=O. The lowest BCUT2D eigenvalue weighted by Gasteiger charge is -2.18. The summed E-state index contributed by atoms with van der Waals surface area (Å²) in [5.74, 6) is 0.567. The van der Waals surface area contributed by atoms with Crippen molar-refractivity contribution in [2.75, 3.05) is 31.2 Å². The molecule has 0 aliphatic heterocycles. The quantitative estimate of drug-likeness (QED) is 0.774. The molecule has 0 bridgehead atoms. The summed E-state index contributed by atoms with van der Waals surface area (Å²) >= 11 is 0. The van der Waals surface area contributed by atoms with E-state index in [1.807, 2.05) is 26.8 Å². The number of sulfonamides is 1. The zero-order valence-electron chi connectivity index (χ0n) is 13.0. The number of rotatable bonds is 7.